The van der Waals surface area contributed by atoms with Crippen molar-refractivity contribution in [2.75, 3.05) is 0 Å². The van der Waals surface area contributed by atoms with Crippen LogP contribution in [0.4, 0.5) is 0 Å². The Balaban J connectivity index is 2.08. The van der Waals surface area contributed by atoms with Gasteiger partial charge in [-0.3, -0.25) is 0 Å². The van der Waals surface area contributed by atoms with Crippen LogP contribution in [-0.4, -0.2) is 5.11 Å². The molecule has 0 amide bonds. The minimum atomic E-state index is 0.242. The fourth-order valence-electron chi connectivity index (χ4n) is 2.02. The van der Waals surface area contributed by atoms with Crippen LogP contribution >= 0.6 is 12.2 Å². The molecule has 0 saturated heterocycles. The number of hydrogen-bond donors (Lipinski definition) is 3. The first kappa shape index (κ1) is 12.3. The lowest BCUT2D eigenvalue weighted by Crippen LogP contribution is -2.33. The summed E-state index contributed by atoms with van der Waals surface area (Å²) in [6.45, 7) is 0.580. The van der Waals surface area contributed by atoms with Crippen LogP contribution in [0.25, 0.3) is 0 Å². The molecule has 2 rings (SSSR count). The second-order valence-corrected chi connectivity index (χ2v) is 5.13. The molecule has 1 aliphatic carbocycles. The zero-order valence-corrected chi connectivity index (χ0v) is 10.7. The molecular formula is C13H19N3S. The van der Waals surface area contributed by atoms with Crippen molar-refractivity contribution in [3.05, 3.63) is 35.4 Å². The van der Waals surface area contributed by atoms with E-state index < -0.39 is 0 Å². The van der Waals surface area contributed by atoms with Crippen molar-refractivity contribution in [2.24, 2.45) is 17.4 Å². The van der Waals surface area contributed by atoms with Crippen molar-refractivity contribution in [1.29, 1.82) is 0 Å². The largest absolute Gasteiger partial charge is 0.376 e. The van der Waals surface area contributed by atoms with Crippen molar-refractivity contribution in [3.63, 3.8) is 0 Å². The molecule has 4 heteroatoms. The predicted molar refractivity (Wildman–Crippen MR) is 74.3 cm³/mol. The second kappa shape index (κ2) is 5.47. The monoisotopic (exact) mass is 249 g/mol. The Kier molecular flexibility index (Phi) is 3.97. The first-order valence-corrected chi connectivity index (χ1v) is 6.44. The fourth-order valence-corrected chi connectivity index (χ4v) is 2.17. The predicted octanol–water partition coefficient (Wildman–Crippen LogP) is 1.82. The Morgan fingerprint density at radius 2 is 2.00 bits per heavy atom. The molecule has 3 nitrogen and oxygen atoms in total. The molecule has 1 saturated carbocycles. The molecule has 1 atom stereocenters. The molecular weight excluding hydrogens is 230 g/mol. The van der Waals surface area contributed by atoms with Crippen molar-refractivity contribution < 1.29 is 0 Å². The topological polar surface area (TPSA) is 64.1 Å². The maximum atomic E-state index is 5.59. The zero-order valence-electron chi connectivity index (χ0n) is 9.86. The molecule has 92 valence electrons. The van der Waals surface area contributed by atoms with Gasteiger partial charge in [0.2, 0.25) is 0 Å². The van der Waals surface area contributed by atoms with Crippen LogP contribution in [0.2, 0.25) is 0 Å². The highest BCUT2D eigenvalue weighted by Crippen LogP contribution is 2.37. The van der Waals surface area contributed by atoms with Crippen LogP contribution in [0.1, 0.15) is 36.4 Å². The minimum Gasteiger partial charge on any atom is -0.376 e. The highest BCUT2D eigenvalue weighted by Gasteiger charge is 2.26. The van der Waals surface area contributed by atoms with Gasteiger partial charge in [0.1, 0.15) is 0 Å². The third-order valence-corrected chi connectivity index (χ3v) is 3.32. The number of hydrogen-bond acceptors (Lipinski definition) is 2. The van der Waals surface area contributed by atoms with Crippen molar-refractivity contribution in [2.45, 2.75) is 31.8 Å². The summed E-state index contributed by atoms with van der Waals surface area (Å²) < 4.78 is 0. The van der Waals surface area contributed by atoms with Crippen molar-refractivity contribution in [3.8, 4) is 0 Å². The smallest absolute Gasteiger partial charge is 0.164 e. The molecule has 0 radical (unpaired) electrons. The van der Waals surface area contributed by atoms with E-state index in [1.807, 2.05) is 0 Å². The highest BCUT2D eigenvalue weighted by atomic mass is 32.1. The molecule has 17 heavy (non-hydrogen) atoms. The zero-order chi connectivity index (χ0) is 12.3. The second-order valence-electron chi connectivity index (χ2n) is 4.69. The summed E-state index contributed by atoms with van der Waals surface area (Å²) in [5.41, 5.74) is 13.6. The van der Waals surface area contributed by atoms with Crippen molar-refractivity contribution >= 4 is 17.3 Å². The van der Waals surface area contributed by atoms with Gasteiger partial charge in [-0.1, -0.05) is 37.1 Å². The number of rotatable bonds is 5. The van der Waals surface area contributed by atoms with E-state index in [-0.39, 0.29) is 6.04 Å². The molecule has 1 aromatic carbocycles. The quantitative estimate of drug-likeness (QED) is 0.697. The van der Waals surface area contributed by atoms with Gasteiger partial charge in [-0.15, -0.1) is 0 Å². The third-order valence-electron chi connectivity index (χ3n) is 3.20. The van der Waals surface area contributed by atoms with Crippen LogP contribution in [0.3, 0.4) is 0 Å². The maximum Gasteiger partial charge on any atom is 0.164 e. The van der Waals surface area contributed by atoms with Crippen molar-refractivity contribution in [1.82, 2.24) is 5.32 Å². The fraction of sp³-hybridized carbons (Fsp3) is 0.462. The van der Waals surface area contributed by atoms with Crippen LogP contribution in [0, 0.1) is 5.92 Å². The molecule has 1 aromatic rings. The molecule has 0 heterocycles. The van der Waals surface area contributed by atoms with E-state index in [4.69, 9.17) is 23.7 Å². The van der Waals surface area contributed by atoms with Gasteiger partial charge in [-0.25, -0.2) is 0 Å². The van der Waals surface area contributed by atoms with Gasteiger partial charge in [0.05, 0.1) is 6.04 Å². The average Bonchev–Trinajstić information content (AvgIpc) is 3.12. The van der Waals surface area contributed by atoms with Gasteiger partial charge in [0.15, 0.2) is 5.11 Å². The first-order chi connectivity index (χ1) is 8.19. The lowest BCUT2D eigenvalue weighted by Gasteiger charge is -2.19. The lowest BCUT2D eigenvalue weighted by molar-refractivity contribution is 0.549. The molecule has 1 aliphatic rings. The summed E-state index contributed by atoms with van der Waals surface area (Å²) >= 11 is 4.94. The van der Waals surface area contributed by atoms with Gasteiger partial charge in [-0.2, -0.15) is 0 Å². The van der Waals surface area contributed by atoms with E-state index >= 15 is 0 Å². The Hall–Kier alpha value is -1.13. The van der Waals surface area contributed by atoms with E-state index in [1.54, 1.807) is 0 Å². The van der Waals surface area contributed by atoms with Gasteiger partial charge in [0, 0.05) is 6.54 Å². The third kappa shape index (κ3) is 3.68. The number of thiocarbonyl (C=S) groups is 1. The van der Waals surface area contributed by atoms with Crippen LogP contribution in [0.5, 0.6) is 0 Å². The summed E-state index contributed by atoms with van der Waals surface area (Å²) in [5.74, 6) is 0.830. The Labute approximate surface area is 108 Å². The number of benzene rings is 1. The normalized spacial score (nSPS) is 16.5. The SMILES string of the molecule is NCc1ccc([C@H](CC2CC2)NC(N)=S)cc1. The highest BCUT2D eigenvalue weighted by molar-refractivity contribution is 7.80. The summed E-state index contributed by atoms with van der Waals surface area (Å²) in [4.78, 5) is 0. The van der Waals surface area contributed by atoms with Crippen LogP contribution < -0.4 is 16.8 Å². The molecule has 0 spiro atoms. The van der Waals surface area contributed by atoms with E-state index in [9.17, 15) is 0 Å². The van der Waals surface area contributed by atoms with Crippen LogP contribution in [0.15, 0.2) is 24.3 Å². The van der Waals surface area contributed by atoms with Gasteiger partial charge >= 0.3 is 0 Å². The summed E-state index contributed by atoms with van der Waals surface area (Å²) in [7, 11) is 0. The Morgan fingerprint density at radius 1 is 1.35 bits per heavy atom. The molecule has 0 unspecified atom stereocenters. The molecule has 1 fully saturated rings. The average molecular weight is 249 g/mol. The molecule has 0 aliphatic heterocycles. The van der Waals surface area contributed by atoms with E-state index in [1.165, 1.54) is 18.4 Å². The molecule has 5 N–H and O–H groups in total. The minimum absolute atomic E-state index is 0.242. The number of nitrogens with one attached hydrogen (secondary N) is 1. The molecule has 0 bridgehead atoms. The Bertz CT molecular complexity index is 384. The summed E-state index contributed by atoms with van der Waals surface area (Å²) in [6.07, 6.45) is 3.77. The lowest BCUT2D eigenvalue weighted by atomic mass is 10.00. The molecule has 0 aromatic heterocycles. The first-order valence-electron chi connectivity index (χ1n) is 6.04. The standard InChI is InChI=1S/C13H19N3S/c14-8-10-3-5-11(6-4-10)12(16-13(15)17)7-9-1-2-9/h3-6,9,12H,1-2,7-8,14H2,(H3,15,16,17)/t12-/m0/s1. The van der Waals surface area contributed by atoms with Gasteiger partial charge in [-0.05, 0) is 35.7 Å². The summed E-state index contributed by atoms with van der Waals surface area (Å²) in [6, 6.07) is 8.60. The summed E-state index contributed by atoms with van der Waals surface area (Å²) in [5, 5.41) is 3.56. The van der Waals surface area contributed by atoms with E-state index in [2.05, 4.69) is 29.6 Å². The maximum absolute atomic E-state index is 5.59. The van der Waals surface area contributed by atoms with Gasteiger partial charge in [0.25, 0.3) is 0 Å². The Morgan fingerprint density at radius 3 is 2.47 bits per heavy atom. The van der Waals surface area contributed by atoms with E-state index in [0.717, 1.165) is 17.9 Å². The van der Waals surface area contributed by atoms with Crippen LogP contribution in [-0.2, 0) is 6.54 Å². The number of nitrogens with two attached hydrogens (primary N) is 2. The van der Waals surface area contributed by atoms with Gasteiger partial charge < -0.3 is 16.8 Å². The van der Waals surface area contributed by atoms with E-state index in [0.29, 0.717) is 11.7 Å².